The van der Waals surface area contributed by atoms with Crippen LogP contribution in [0.15, 0.2) is 54.6 Å². The van der Waals surface area contributed by atoms with E-state index in [9.17, 15) is 14.4 Å². The molecule has 0 aliphatic rings. The van der Waals surface area contributed by atoms with Gasteiger partial charge in [-0.1, -0.05) is 30.3 Å². The predicted octanol–water partition coefficient (Wildman–Crippen LogP) is 2.90. The zero-order valence-electron chi connectivity index (χ0n) is 16.1. The lowest BCUT2D eigenvalue weighted by Gasteiger charge is -2.30. The smallest absolute Gasteiger partial charge is 0.333 e. The fourth-order valence-electron chi connectivity index (χ4n) is 2.74. The Morgan fingerprint density at radius 1 is 0.964 bits per heavy atom. The highest BCUT2D eigenvalue weighted by atomic mass is 16.5. The SMILES string of the molecule is CCOC(=O)CC(=O)N(c1ccc(OC)cc1)[C@@H](C(=O)OC)c1ccccc1. The first-order valence-electron chi connectivity index (χ1n) is 8.76. The van der Waals surface area contributed by atoms with Crippen LogP contribution < -0.4 is 9.64 Å². The van der Waals surface area contributed by atoms with Crippen molar-refractivity contribution < 1.29 is 28.6 Å². The predicted molar refractivity (Wildman–Crippen MR) is 103 cm³/mol. The van der Waals surface area contributed by atoms with Crippen LogP contribution in [0.25, 0.3) is 0 Å². The molecule has 0 saturated heterocycles. The van der Waals surface area contributed by atoms with E-state index in [-0.39, 0.29) is 6.61 Å². The minimum absolute atomic E-state index is 0.160. The Hall–Kier alpha value is -3.35. The molecule has 2 rings (SSSR count). The second kappa shape index (κ2) is 10.1. The lowest BCUT2D eigenvalue weighted by Crippen LogP contribution is -2.40. The molecule has 0 spiro atoms. The van der Waals surface area contributed by atoms with Crippen LogP contribution in [0, 0.1) is 0 Å². The number of carbonyl (C=O) groups is 3. The number of hydrogen-bond donors (Lipinski definition) is 0. The van der Waals surface area contributed by atoms with Gasteiger partial charge in [0.2, 0.25) is 5.91 Å². The highest BCUT2D eigenvalue weighted by Gasteiger charge is 2.34. The normalized spacial score (nSPS) is 11.2. The summed E-state index contributed by atoms with van der Waals surface area (Å²) in [5, 5.41) is 0. The first kappa shape index (κ1) is 21.0. The zero-order chi connectivity index (χ0) is 20.5. The summed E-state index contributed by atoms with van der Waals surface area (Å²) in [6, 6.07) is 14.3. The third kappa shape index (κ3) is 5.09. The monoisotopic (exact) mass is 385 g/mol. The molecule has 7 heteroatoms. The van der Waals surface area contributed by atoms with E-state index in [1.807, 2.05) is 0 Å². The second-order valence-electron chi connectivity index (χ2n) is 5.78. The van der Waals surface area contributed by atoms with E-state index in [0.717, 1.165) is 0 Å². The summed E-state index contributed by atoms with van der Waals surface area (Å²) in [6.45, 7) is 1.82. The van der Waals surface area contributed by atoms with E-state index in [4.69, 9.17) is 14.2 Å². The molecule has 1 atom stereocenters. The van der Waals surface area contributed by atoms with Crippen molar-refractivity contribution in [3.05, 3.63) is 60.2 Å². The number of anilines is 1. The number of carbonyl (C=O) groups excluding carboxylic acids is 3. The molecule has 2 aromatic rings. The molecule has 0 unspecified atom stereocenters. The summed E-state index contributed by atoms with van der Waals surface area (Å²) in [4.78, 5) is 38.7. The molecule has 0 bridgehead atoms. The maximum absolute atomic E-state index is 13.0. The number of nitrogens with zero attached hydrogens (tertiary/aromatic N) is 1. The van der Waals surface area contributed by atoms with Gasteiger partial charge in [-0.25, -0.2) is 4.79 Å². The van der Waals surface area contributed by atoms with E-state index >= 15 is 0 Å². The van der Waals surface area contributed by atoms with Gasteiger partial charge in [0.1, 0.15) is 12.2 Å². The van der Waals surface area contributed by atoms with Crippen molar-refractivity contribution in [2.75, 3.05) is 25.7 Å². The molecule has 2 aromatic carbocycles. The van der Waals surface area contributed by atoms with Crippen molar-refractivity contribution in [2.24, 2.45) is 0 Å². The highest BCUT2D eigenvalue weighted by Crippen LogP contribution is 2.30. The molecular formula is C21H23NO6. The molecule has 0 radical (unpaired) electrons. The Morgan fingerprint density at radius 2 is 1.61 bits per heavy atom. The van der Waals surface area contributed by atoms with Crippen molar-refractivity contribution in [1.29, 1.82) is 0 Å². The van der Waals surface area contributed by atoms with Gasteiger partial charge in [-0.15, -0.1) is 0 Å². The van der Waals surface area contributed by atoms with Gasteiger partial charge in [-0.2, -0.15) is 0 Å². The average molecular weight is 385 g/mol. The summed E-state index contributed by atoms with van der Waals surface area (Å²) >= 11 is 0. The van der Waals surface area contributed by atoms with Crippen molar-refractivity contribution in [3.63, 3.8) is 0 Å². The molecule has 7 nitrogen and oxygen atoms in total. The Kier molecular flexibility index (Phi) is 7.56. The van der Waals surface area contributed by atoms with Gasteiger partial charge < -0.3 is 14.2 Å². The maximum atomic E-state index is 13.0. The van der Waals surface area contributed by atoms with Crippen LogP contribution in [0.2, 0.25) is 0 Å². The van der Waals surface area contributed by atoms with Crippen LogP contribution >= 0.6 is 0 Å². The molecule has 1 amide bonds. The largest absolute Gasteiger partial charge is 0.497 e. The lowest BCUT2D eigenvalue weighted by atomic mass is 10.0. The number of ether oxygens (including phenoxy) is 3. The fourth-order valence-corrected chi connectivity index (χ4v) is 2.74. The quantitative estimate of drug-likeness (QED) is 0.513. The summed E-state index contributed by atoms with van der Waals surface area (Å²) in [5.41, 5.74) is 0.983. The van der Waals surface area contributed by atoms with E-state index in [1.54, 1.807) is 61.5 Å². The minimum atomic E-state index is -1.05. The number of rotatable bonds is 8. The second-order valence-corrected chi connectivity index (χ2v) is 5.78. The van der Waals surface area contributed by atoms with Gasteiger partial charge in [-0.3, -0.25) is 14.5 Å². The molecule has 0 heterocycles. The van der Waals surface area contributed by atoms with Crippen LogP contribution in [0.3, 0.4) is 0 Å². The Morgan fingerprint density at radius 3 is 2.14 bits per heavy atom. The molecule has 0 aliphatic heterocycles. The van der Waals surface area contributed by atoms with Crippen molar-refractivity contribution in [3.8, 4) is 5.75 Å². The number of esters is 2. The number of benzene rings is 2. The van der Waals surface area contributed by atoms with Gasteiger partial charge in [0.25, 0.3) is 0 Å². The van der Waals surface area contributed by atoms with Gasteiger partial charge in [0.15, 0.2) is 6.04 Å². The number of hydrogen-bond acceptors (Lipinski definition) is 6. The molecule has 0 aliphatic carbocycles. The van der Waals surface area contributed by atoms with Gasteiger partial charge in [0, 0.05) is 5.69 Å². The molecule has 28 heavy (non-hydrogen) atoms. The Labute approximate surface area is 163 Å². The summed E-state index contributed by atoms with van der Waals surface area (Å²) < 4.78 is 15.0. The van der Waals surface area contributed by atoms with Crippen molar-refractivity contribution in [1.82, 2.24) is 0 Å². The summed E-state index contributed by atoms with van der Waals surface area (Å²) in [6.07, 6.45) is -0.500. The van der Waals surface area contributed by atoms with Crippen molar-refractivity contribution >= 4 is 23.5 Å². The minimum Gasteiger partial charge on any atom is -0.497 e. The summed E-state index contributed by atoms with van der Waals surface area (Å²) in [7, 11) is 2.78. The van der Waals surface area contributed by atoms with Gasteiger partial charge >= 0.3 is 11.9 Å². The number of amides is 1. The third-order valence-electron chi connectivity index (χ3n) is 4.02. The molecule has 0 fully saturated rings. The Balaban J connectivity index is 2.51. The van der Waals surface area contributed by atoms with Crippen molar-refractivity contribution in [2.45, 2.75) is 19.4 Å². The Bertz CT molecular complexity index is 803. The third-order valence-corrected chi connectivity index (χ3v) is 4.02. The molecule has 0 saturated carbocycles. The molecule has 0 N–H and O–H groups in total. The average Bonchev–Trinajstić information content (AvgIpc) is 2.72. The van der Waals surface area contributed by atoms with Crippen LogP contribution in [0.4, 0.5) is 5.69 Å². The topological polar surface area (TPSA) is 82.1 Å². The van der Waals surface area contributed by atoms with Crippen LogP contribution in [0.5, 0.6) is 5.75 Å². The summed E-state index contributed by atoms with van der Waals surface area (Å²) in [5.74, 6) is -1.28. The van der Waals surface area contributed by atoms with E-state index in [0.29, 0.717) is 17.0 Å². The van der Waals surface area contributed by atoms with Gasteiger partial charge in [-0.05, 0) is 36.8 Å². The van der Waals surface area contributed by atoms with E-state index in [1.165, 1.54) is 19.1 Å². The van der Waals surface area contributed by atoms with Gasteiger partial charge in [0.05, 0.1) is 20.8 Å². The lowest BCUT2D eigenvalue weighted by molar-refractivity contribution is -0.148. The maximum Gasteiger partial charge on any atom is 0.333 e. The first-order valence-corrected chi connectivity index (χ1v) is 8.76. The first-order chi connectivity index (χ1) is 13.5. The van der Waals surface area contributed by atoms with E-state index < -0.39 is 30.3 Å². The highest BCUT2D eigenvalue weighted by molar-refractivity contribution is 6.06. The van der Waals surface area contributed by atoms with Crippen LogP contribution in [0.1, 0.15) is 24.9 Å². The molecule has 0 aromatic heterocycles. The molecule has 148 valence electrons. The van der Waals surface area contributed by atoms with E-state index in [2.05, 4.69) is 0 Å². The molecular weight excluding hydrogens is 362 g/mol. The zero-order valence-corrected chi connectivity index (χ0v) is 16.1. The van der Waals surface area contributed by atoms with Crippen LogP contribution in [-0.4, -0.2) is 38.7 Å². The van der Waals surface area contributed by atoms with Crippen LogP contribution in [-0.2, 0) is 23.9 Å². The fraction of sp³-hybridized carbons (Fsp3) is 0.286. The number of methoxy groups -OCH3 is 2. The standard InChI is InChI=1S/C21H23NO6/c1-4-28-19(24)14-18(23)22(16-10-12-17(26-2)13-11-16)20(21(25)27-3)15-8-6-5-7-9-15/h5-13,20H,4,14H2,1-3H3/t20-/m1/s1.